The smallest absolute Gasteiger partial charge is 0.390 e. The first-order valence-corrected chi connectivity index (χ1v) is 10.6. The minimum atomic E-state index is -4.47. The zero-order chi connectivity index (χ0) is 23.2. The van der Waals surface area contributed by atoms with Crippen LogP contribution in [0.15, 0.2) is 29.8 Å². The highest BCUT2D eigenvalue weighted by molar-refractivity contribution is 7.85. The lowest BCUT2D eigenvalue weighted by molar-refractivity contribution is -0.129. The molecule has 1 atom stereocenters. The summed E-state index contributed by atoms with van der Waals surface area (Å²) in [6, 6.07) is 1.15. The average molecular weight is 484 g/mol. The Morgan fingerprint density at radius 2 is 2.10 bits per heavy atom. The van der Waals surface area contributed by atoms with E-state index in [2.05, 4.69) is 20.1 Å². The van der Waals surface area contributed by atoms with Crippen LogP contribution in [0.2, 0.25) is 5.15 Å². The zero-order valence-corrected chi connectivity index (χ0v) is 18.0. The van der Waals surface area contributed by atoms with Crippen molar-refractivity contribution in [1.82, 2.24) is 14.8 Å². The fraction of sp³-hybridized carbons (Fsp3) is 0.412. The van der Waals surface area contributed by atoms with Crippen LogP contribution in [0.25, 0.3) is 5.69 Å². The number of oxime groups is 1. The van der Waals surface area contributed by atoms with Crippen molar-refractivity contribution in [3.8, 4) is 5.69 Å². The van der Waals surface area contributed by atoms with Gasteiger partial charge in [0.05, 0.1) is 36.5 Å². The summed E-state index contributed by atoms with van der Waals surface area (Å²) in [5, 5.41) is 7.45. The predicted octanol–water partition coefficient (Wildman–Crippen LogP) is 3.12. The average Bonchev–Trinajstić information content (AvgIpc) is 3.07. The number of amides is 1. The summed E-state index contributed by atoms with van der Waals surface area (Å²) in [5.74, 6) is -2.61. The Hall–Kier alpha value is -2.54. The van der Waals surface area contributed by atoms with E-state index < -0.39 is 46.6 Å². The zero-order valence-electron chi connectivity index (χ0n) is 16.4. The molecule has 0 saturated carbocycles. The molecule has 0 fully saturated rings. The number of anilines is 1. The first kappa shape index (κ1) is 24.7. The molecule has 2 rings (SSSR count). The molecule has 2 aromatic rings. The molecule has 0 aliphatic carbocycles. The molecule has 0 spiro atoms. The molecule has 31 heavy (non-hydrogen) atoms. The highest BCUT2D eigenvalue weighted by Crippen LogP contribution is 2.26. The molecule has 0 saturated heterocycles. The molecule has 2 heterocycles. The molecule has 0 bridgehead atoms. The summed E-state index contributed by atoms with van der Waals surface area (Å²) < 4.78 is 63.8. The molecular formula is C17H18ClF4N5O3S. The Morgan fingerprint density at radius 3 is 2.68 bits per heavy atom. The molecule has 0 aromatic carbocycles. The van der Waals surface area contributed by atoms with Crippen LogP contribution in [0.4, 0.5) is 23.2 Å². The summed E-state index contributed by atoms with van der Waals surface area (Å²) in [7, 11) is -0.865. The molecule has 0 aliphatic rings. The lowest BCUT2D eigenvalue weighted by Gasteiger charge is -2.20. The van der Waals surface area contributed by atoms with Gasteiger partial charge in [-0.1, -0.05) is 16.8 Å². The van der Waals surface area contributed by atoms with Crippen LogP contribution in [-0.2, 0) is 20.4 Å². The third-order valence-corrected chi connectivity index (χ3v) is 5.34. The lowest BCUT2D eigenvalue weighted by atomic mass is 10.3. The largest absolute Gasteiger partial charge is 0.399 e. The van der Waals surface area contributed by atoms with Crippen LogP contribution < -0.4 is 4.90 Å². The summed E-state index contributed by atoms with van der Waals surface area (Å²) in [6.45, 7) is 1.68. The summed E-state index contributed by atoms with van der Waals surface area (Å²) in [6.07, 6.45) is -2.04. The maximum absolute atomic E-state index is 13.4. The van der Waals surface area contributed by atoms with E-state index in [9.17, 15) is 26.6 Å². The topological polar surface area (TPSA) is 89.7 Å². The van der Waals surface area contributed by atoms with Gasteiger partial charge in [-0.25, -0.2) is 9.07 Å². The maximum atomic E-state index is 13.4. The fourth-order valence-corrected chi connectivity index (χ4v) is 3.77. The lowest BCUT2D eigenvalue weighted by Crippen LogP contribution is -2.39. The second kappa shape index (κ2) is 10.7. The van der Waals surface area contributed by atoms with E-state index in [4.69, 9.17) is 11.6 Å². The first-order valence-electron chi connectivity index (χ1n) is 8.75. The standard InChI is InChI=1S/C17H18ClF4N5O3S/c1-3-26(14-9-27(24-15(14)18)12-6-11(19)7-23-8-12)16(28)13(25-30-2)10-31(29)5-4-17(20,21)22/h6-9H,3-5,10H2,1-2H3/b25-13-. The van der Waals surface area contributed by atoms with Crippen molar-refractivity contribution in [3.63, 3.8) is 0 Å². The molecule has 8 nitrogen and oxygen atoms in total. The van der Waals surface area contributed by atoms with E-state index in [1.165, 1.54) is 17.1 Å². The Kier molecular flexibility index (Phi) is 8.51. The summed E-state index contributed by atoms with van der Waals surface area (Å²) in [5.41, 5.74) is 0.0279. The monoisotopic (exact) mass is 483 g/mol. The van der Waals surface area contributed by atoms with Crippen LogP contribution in [0.1, 0.15) is 13.3 Å². The number of hydrogen-bond donors (Lipinski definition) is 0. The van der Waals surface area contributed by atoms with Gasteiger partial charge in [-0.15, -0.1) is 0 Å². The van der Waals surface area contributed by atoms with Gasteiger partial charge in [-0.3, -0.25) is 14.0 Å². The summed E-state index contributed by atoms with van der Waals surface area (Å²) in [4.78, 5) is 22.4. The molecule has 1 amide bonds. The van der Waals surface area contributed by atoms with Crippen LogP contribution in [0.5, 0.6) is 0 Å². The predicted molar refractivity (Wildman–Crippen MR) is 107 cm³/mol. The molecular weight excluding hydrogens is 466 g/mol. The Balaban J connectivity index is 2.26. The van der Waals surface area contributed by atoms with Gasteiger partial charge < -0.3 is 9.74 Å². The van der Waals surface area contributed by atoms with Gasteiger partial charge in [0.2, 0.25) is 0 Å². The van der Waals surface area contributed by atoms with Crippen molar-refractivity contribution in [2.75, 3.05) is 30.1 Å². The van der Waals surface area contributed by atoms with E-state index in [0.29, 0.717) is 0 Å². The van der Waals surface area contributed by atoms with Crippen LogP contribution in [0.3, 0.4) is 0 Å². The highest BCUT2D eigenvalue weighted by atomic mass is 35.5. The van der Waals surface area contributed by atoms with E-state index in [-0.39, 0.29) is 28.8 Å². The minimum Gasteiger partial charge on any atom is -0.399 e. The normalized spacial score (nSPS) is 13.2. The van der Waals surface area contributed by atoms with E-state index >= 15 is 0 Å². The van der Waals surface area contributed by atoms with Gasteiger partial charge in [-0.05, 0) is 6.92 Å². The second-order valence-corrected chi connectivity index (χ2v) is 7.97. The van der Waals surface area contributed by atoms with Crippen molar-refractivity contribution >= 4 is 39.7 Å². The van der Waals surface area contributed by atoms with Crippen LogP contribution in [-0.4, -0.2) is 61.9 Å². The number of nitrogens with zero attached hydrogens (tertiary/aromatic N) is 5. The second-order valence-electron chi connectivity index (χ2n) is 6.03. The number of carbonyl (C=O) groups excluding carboxylic acids is 1. The minimum absolute atomic E-state index is 0.0730. The maximum Gasteiger partial charge on any atom is 0.390 e. The van der Waals surface area contributed by atoms with Crippen molar-refractivity contribution in [1.29, 1.82) is 0 Å². The van der Waals surface area contributed by atoms with Gasteiger partial charge in [0.25, 0.3) is 5.91 Å². The van der Waals surface area contributed by atoms with Crippen LogP contribution in [0, 0.1) is 5.82 Å². The Labute approximate surface area is 182 Å². The van der Waals surface area contributed by atoms with Crippen molar-refractivity contribution in [2.45, 2.75) is 19.5 Å². The molecule has 0 aliphatic heterocycles. The van der Waals surface area contributed by atoms with Crippen molar-refractivity contribution in [3.05, 3.63) is 35.6 Å². The van der Waals surface area contributed by atoms with Gasteiger partial charge in [-0.2, -0.15) is 18.3 Å². The van der Waals surface area contributed by atoms with Crippen molar-refractivity contribution < 1.29 is 31.4 Å². The number of carbonyl (C=O) groups is 1. The first-order chi connectivity index (χ1) is 14.6. The number of rotatable bonds is 9. The van der Waals surface area contributed by atoms with Gasteiger partial charge in [0.1, 0.15) is 18.6 Å². The summed E-state index contributed by atoms with van der Waals surface area (Å²) >= 11 is 6.14. The highest BCUT2D eigenvalue weighted by Gasteiger charge is 2.30. The third-order valence-electron chi connectivity index (χ3n) is 3.82. The number of hydrogen-bond acceptors (Lipinski definition) is 6. The number of halogens is 5. The van der Waals surface area contributed by atoms with Crippen LogP contribution >= 0.6 is 11.6 Å². The Bertz CT molecular complexity index is 983. The third kappa shape index (κ3) is 6.99. The SMILES string of the molecule is CCN(C(=O)/C(CS(=O)CCC(F)(F)F)=N\OC)c1cn(-c2cncc(F)c2)nc1Cl. The van der Waals surface area contributed by atoms with Gasteiger partial charge in [0.15, 0.2) is 10.9 Å². The molecule has 170 valence electrons. The van der Waals surface area contributed by atoms with E-state index in [1.807, 2.05) is 0 Å². The quantitative estimate of drug-likeness (QED) is 0.310. The van der Waals surface area contributed by atoms with Gasteiger partial charge >= 0.3 is 6.18 Å². The van der Waals surface area contributed by atoms with Crippen molar-refractivity contribution in [2.24, 2.45) is 5.16 Å². The molecule has 0 radical (unpaired) electrons. The number of pyridine rings is 1. The number of aromatic nitrogens is 3. The fourth-order valence-electron chi connectivity index (χ4n) is 2.45. The van der Waals surface area contributed by atoms with E-state index in [1.54, 1.807) is 6.92 Å². The van der Waals surface area contributed by atoms with E-state index in [0.717, 1.165) is 24.3 Å². The Morgan fingerprint density at radius 1 is 1.39 bits per heavy atom. The molecule has 0 N–H and O–H groups in total. The number of alkyl halides is 3. The molecule has 2 aromatic heterocycles. The molecule has 14 heteroatoms. The van der Waals surface area contributed by atoms with Gasteiger partial charge in [0, 0.05) is 29.2 Å². The molecule has 1 unspecified atom stereocenters.